The van der Waals surface area contributed by atoms with Crippen LogP contribution in [0.15, 0.2) is 36.4 Å². The zero-order chi connectivity index (χ0) is 18.4. The second-order valence-electron chi connectivity index (χ2n) is 8.04. The summed E-state index contributed by atoms with van der Waals surface area (Å²) >= 11 is 12.4. The molecule has 0 bridgehead atoms. The lowest BCUT2D eigenvalue weighted by Crippen LogP contribution is -2.47. The van der Waals surface area contributed by atoms with Crippen LogP contribution in [-0.2, 0) is 17.6 Å². The van der Waals surface area contributed by atoms with E-state index in [1.165, 1.54) is 52.8 Å². The number of rotatable bonds is 3. The molecule has 3 aliphatic rings. The molecule has 0 N–H and O–H groups in total. The normalized spacial score (nSPS) is 20.3. The third-order valence-electron chi connectivity index (χ3n) is 6.50. The maximum atomic E-state index is 6.41. The minimum Gasteiger partial charge on any atom is -0.354 e. The van der Waals surface area contributed by atoms with E-state index in [2.05, 4.69) is 41.3 Å². The van der Waals surface area contributed by atoms with E-state index in [0.717, 1.165) is 32.4 Å². The van der Waals surface area contributed by atoms with Gasteiger partial charge in [-0.05, 0) is 53.5 Å². The van der Waals surface area contributed by atoms with E-state index in [1.54, 1.807) is 0 Å². The highest BCUT2D eigenvalue weighted by Crippen LogP contribution is 2.48. The van der Waals surface area contributed by atoms with Crippen LogP contribution in [0.4, 0.5) is 5.69 Å². The molecule has 2 aromatic rings. The maximum Gasteiger partial charge on any atom is 0.141 e. The molecule has 0 atom stereocenters. The number of hydrogen-bond acceptors (Lipinski definition) is 2. The lowest BCUT2D eigenvalue weighted by molar-refractivity contribution is -0.0227. The fourth-order valence-electron chi connectivity index (χ4n) is 5.35. The van der Waals surface area contributed by atoms with Crippen molar-refractivity contribution in [2.75, 3.05) is 18.1 Å². The van der Waals surface area contributed by atoms with Crippen molar-refractivity contribution < 1.29 is 4.74 Å². The molecule has 1 aliphatic heterocycles. The summed E-state index contributed by atoms with van der Waals surface area (Å²) in [4.78, 5) is 2.18. The van der Waals surface area contributed by atoms with Crippen LogP contribution < -0.4 is 4.90 Å². The van der Waals surface area contributed by atoms with Gasteiger partial charge in [0.25, 0.3) is 0 Å². The highest BCUT2D eigenvalue weighted by molar-refractivity contribution is 6.44. The maximum absolute atomic E-state index is 6.41. The van der Waals surface area contributed by atoms with Crippen LogP contribution in [0.5, 0.6) is 0 Å². The van der Waals surface area contributed by atoms with E-state index in [4.69, 9.17) is 27.9 Å². The first-order chi connectivity index (χ1) is 13.2. The summed E-state index contributed by atoms with van der Waals surface area (Å²) in [7, 11) is 0. The van der Waals surface area contributed by atoms with Crippen molar-refractivity contribution in [1.29, 1.82) is 0 Å². The molecule has 1 saturated heterocycles. The molecule has 2 aromatic carbocycles. The Kier molecular flexibility index (Phi) is 4.62. The second kappa shape index (κ2) is 6.99. The number of alkyl halides is 2. The van der Waals surface area contributed by atoms with Gasteiger partial charge in [0.15, 0.2) is 0 Å². The molecular formula is C23H25Cl2NO. The monoisotopic (exact) mass is 401 g/mol. The van der Waals surface area contributed by atoms with E-state index in [0.29, 0.717) is 6.42 Å². The van der Waals surface area contributed by atoms with Gasteiger partial charge < -0.3 is 9.64 Å². The van der Waals surface area contributed by atoms with E-state index in [9.17, 15) is 0 Å². The fourth-order valence-corrected chi connectivity index (χ4v) is 5.69. The summed E-state index contributed by atoms with van der Waals surface area (Å²) in [5.41, 5.74) is 8.04. The van der Waals surface area contributed by atoms with Crippen LogP contribution in [0.25, 0.3) is 11.1 Å². The van der Waals surface area contributed by atoms with Gasteiger partial charge in [-0.25, -0.2) is 0 Å². The minimum atomic E-state index is -0.392. The van der Waals surface area contributed by atoms with E-state index < -0.39 is 4.84 Å². The number of nitrogens with zero attached hydrogens (tertiary/aromatic N) is 1. The second-order valence-corrected chi connectivity index (χ2v) is 9.31. The Morgan fingerprint density at radius 1 is 1.00 bits per heavy atom. The molecule has 0 radical (unpaired) electrons. The Morgan fingerprint density at radius 3 is 2.63 bits per heavy atom. The van der Waals surface area contributed by atoms with Crippen molar-refractivity contribution in [3.05, 3.63) is 53.1 Å². The average Bonchev–Trinajstić information content (AvgIpc) is 3.23. The van der Waals surface area contributed by atoms with E-state index >= 15 is 0 Å². The van der Waals surface area contributed by atoms with Crippen molar-refractivity contribution in [2.45, 2.75) is 55.5 Å². The summed E-state index contributed by atoms with van der Waals surface area (Å²) in [5.74, 6) is 0. The average molecular weight is 402 g/mol. The lowest BCUT2D eigenvalue weighted by atomic mass is 9.88. The van der Waals surface area contributed by atoms with Crippen molar-refractivity contribution >= 4 is 28.9 Å². The van der Waals surface area contributed by atoms with Crippen molar-refractivity contribution in [3.63, 3.8) is 0 Å². The summed E-state index contributed by atoms with van der Waals surface area (Å²) in [6.45, 7) is 1.76. The molecule has 2 fully saturated rings. The summed E-state index contributed by atoms with van der Waals surface area (Å²) < 4.78 is 6.41. The molecule has 1 spiro atoms. The van der Waals surface area contributed by atoms with Crippen LogP contribution in [-0.4, -0.2) is 23.7 Å². The lowest BCUT2D eigenvalue weighted by Gasteiger charge is -2.43. The fraction of sp³-hybridized carbons (Fsp3) is 0.478. The molecule has 1 saturated carbocycles. The molecule has 0 aromatic heterocycles. The van der Waals surface area contributed by atoms with Gasteiger partial charge in [-0.3, -0.25) is 0 Å². The summed E-state index contributed by atoms with van der Waals surface area (Å²) in [5, 5.41) is 0. The predicted molar refractivity (Wildman–Crippen MR) is 113 cm³/mol. The molecule has 0 amide bonds. The van der Waals surface area contributed by atoms with Gasteiger partial charge >= 0.3 is 0 Å². The topological polar surface area (TPSA) is 12.5 Å². The number of halogens is 2. The van der Waals surface area contributed by atoms with Gasteiger partial charge in [-0.1, -0.05) is 42.8 Å². The van der Waals surface area contributed by atoms with Gasteiger partial charge in [0.2, 0.25) is 0 Å². The van der Waals surface area contributed by atoms with Crippen LogP contribution in [0.1, 0.15) is 48.8 Å². The highest BCUT2D eigenvalue weighted by atomic mass is 35.5. The molecule has 0 unspecified atom stereocenters. The first kappa shape index (κ1) is 17.8. The van der Waals surface area contributed by atoms with Crippen molar-refractivity contribution in [3.8, 4) is 11.1 Å². The van der Waals surface area contributed by atoms with Crippen LogP contribution >= 0.6 is 23.2 Å². The van der Waals surface area contributed by atoms with Crippen LogP contribution in [0, 0.1) is 0 Å². The van der Waals surface area contributed by atoms with E-state index in [-0.39, 0.29) is 5.72 Å². The van der Waals surface area contributed by atoms with Gasteiger partial charge in [0.05, 0.1) is 6.61 Å². The molecule has 142 valence electrons. The number of hydrogen-bond donors (Lipinski definition) is 0. The molecular weight excluding hydrogens is 377 g/mol. The molecule has 2 aliphatic carbocycles. The number of ether oxygens (including phenoxy) is 1. The molecule has 4 heteroatoms. The summed E-state index contributed by atoms with van der Waals surface area (Å²) in [6.07, 6.45) is 7.70. The first-order valence-corrected chi connectivity index (χ1v) is 11.0. The quantitative estimate of drug-likeness (QED) is 0.491. The first-order valence-electron chi connectivity index (χ1n) is 10.1. The molecule has 27 heavy (non-hydrogen) atoms. The molecule has 2 nitrogen and oxygen atoms in total. The highest BCUT2D eigenvalue weighted by Gasteiger charge is 2.45. The Bertz CT molecular complexity index is 857. The third-order valence-corrected chi connectivity index (χ3v) is 6.81. The minimum absolute atomic E-state index is 0.134. The SMILES string of the molecule is ClC(Cl)Cc1ccc2c(c1N1CCOC13CCCCC3)Cc1ccccc1-2. The van der Waals surface area contributed by atoms with Gasteiger partial charge in [0.1, 0.15) is 10.6 Å². The number of fused-ring (bicyclic) bond motifs is 3. The molecule has 5 rings (SSSR count). The smallest absolute Gasteiger partial charge is 0.141 e. The predicted octanol–water partition coefficient (Wildman–Crippen LogP) is 6.10. The number of anilines is 1. The Labute approximate surface area is 171 Å². The van der Waals surface area contributed by atoms with Crippen molar-refractivity contribution in [2.24, 2.45) is 0 Å². The van der Waals surface area contributed by atoms with Gasteiger partial charge in [0, 0.05) is 25.1 Å². The van der Waals surface area contributed by atoms with Crippen molar-refractivity contribution in [1.82, 2.24) is 0 Å². The summed E-state index contributed by atoms with van der Waals surface area (Å²) in [6, 6.07) is 13.3. The zero-order valence-electron chi connectivity index (χ0n) is 15.5. The molecule has 1 heterocycles. The number of benzene rings is 2. The van der Waals surface area contributed by atoms with E-state index in [1.807, 2.05) is 0 Å². The largest absolute Gasteiger partial charge is 0.354 e. The third kappa shape index (κ3) is 2.97. The van der Waals surface area contributed by atoms with Gasteiger partial charge in [-0.15, -0.1) is 23.2 Å². The Balaban J connectivity index is 1.66. The zero-order valence-corrected chi connectivity index (χ0v) is 17.0. The van der Waals surface area contributed by atoms with Crippen LogP contribution in [0.3, 0.4) is 0 Å². The van der Waals surface area contributed by atoms with Gasteiger partial charge in [-0.2, -0.15) is 0 Å². The Hall–Kier alpha value is -1.22. The standard InChI is InChI=1S/C23H25Cl2NO/c24-21(25)15-17-8-9-19-18-7-3-2-6-16(18)14-20(19)22(17)26-12-13-27-23(26)10-4-1-5-11-23/h2-3,6-9,21H,1,4-5,10-15H2. The van der Waals surface area contributed by atoms with Crippen LogP contribution in [0.2, 0.25) is 0 Å². The Morgan fingerprint density at radius 2 is 1.81 bits per heavy atom.